The third-order valence-electron chi connectivity index (χ3n) is 1.70. The van der Waals surface area contributed by atoms with Crippen LogP contribution in [0.15, 0.2) is 36.6 Å². The maximum atomic E-state index is 9.37. The molecule has 1 aromatic rings. The van der Waals surface area contributed by atoms with Crippen molar-refractivity contribution in [2.24, 2.45) is 0 Å². The molecule has 2 N–H and O–H groups in total. The molecule has 0 unspecified atom stereocenters. The minimum atomic E-state index is -0.809. The zero-order valence-corrected chi connectivity index (χ0v) is 9.94. The van der Waals surface area contributed by atoms with E-state index in [4.69, 9.17) is 0 Å². The third kappa shape index (κ3) is 6.03. The van der Waals surface area contributed by atoms with Crippen molar-refractivity contribution in [2.45, 2.75) is 13.0 Å². The minimum Gasteiger partial charge on any atom is -0.377 e. The average Bonchev–Trinajstić information content (AvgIpc) is 2.87. The van der Waals surface area contributed by atoms with E-state index >= 15 is 0 Å². The highest BCUT2D eigenvalue weighted by molar-refractivity contribution is 5.40. The summed E-state index contributed by atoms with van der Waals surface area (Å²) in [5, 5.41) is 15.8. The molecule has 3 heteroatoms. The van der Waals surface area contributed by atoms with Gasteiger partial charge in [0.2, 0.25) is 0 Å². The van der Waals surface area contributed by atoms with E-state index in [-0.39, 0.29) is 0 Å². The monoisotopic (exact) mass is 236 g/mol. The van der Waals surface area contributed by atoms with E-state index in [1.54, 1.807) is 24.4 Å². The fourth-order valence-corrected chi connectivity index (χ4v) is 0.925. The Morgan fingerprint density at radius 1 is 1.28 bits per heavy atom. The van der Waals surface area contributed by atoms with E-state index in [9.17, 15) is 5.11 Å². The highest BCUT2D eigenvalue weighted by Crippen LogP contribution is 1.85. The smallest absolute Gasteiger partial charge is 0.134 e. The second kappa shape index (κ2) is 8.48. The Morgan fingerprint density at radius 3 is 2.83 bits per heavy atom. The molecule has 0 radical (unpaired) electrons. The van der Waals surface area contributed by atoms with E-state index < -0.39 is 6.10 Å². The van der Waals surface area contributed by atoms with Gasteiger partial charge >= 0.3 is 0 Å². The molecule has 3 nitrogen and oxygen atoms in total. The van der Waals surface area contributed by atoms with E-state index in [2.05, 4.69) is 45.7 Å². The lowest BCUT2D eigenvalue weighted by molar-refractivity contribution is 0.281. The van der Waals surface area contributed by atoms with Crippen molar-refractivity contribution in [1.82, 2.24) is 10.2 Å². The topological polar surface area (TPSA) is 48.9 Å². The molecule has 0 aliphatic carbocycles. The SMILES string of the molecule is C/C=C/C=C\[C@@H](O)C#CC#CC#Cc1ccn[nH]1. The number of hydrogen-bond acceptors (Lipinski definition) is 2. The molecule has 1 aromatic heterocycles. The predicted molar refractivity (Wildman–Crippen MR) is 71.0 cm³/mol. The van der Waals surface area contributed by atoms with Crippen molar-refractivity contribution in [2.75, 3.05) is 0 Å². The van der Waals surface area contributed by atoms with E-state index in [0.29, 0.717) is 5.69 Å². The number of allylic oxidation sites excluding steroid dienone is 3. The quantitative estimate of drug-likeness (QED) is 0.600. The molecule has 0 saturated carbocycles. The molecule has 0 aliphatic heterocycles. The number of nitrogens with zero attached hydrogens (tertiary/aromatic N) is 1. The van der Waals surface area contributed by atoms with Crippen molar-refractivity contribution >= 4 is 0 Å². The number of aromatic nitrogens is 2. The molecule has 88 valence electrons. The molecule has 0 fully saturated rings. The van der Waals surface area contributed by atoms with Crippen molar-refractivity contribution in [1.29, 1.82) is 0 Å². The van der Waals surface area contributed by atoms with Gasteiger partial charge in [-0.1, -0.05) is 24.1 Å². The Morgan fingerprint density at radius 2 is 2.11 bits per heavy atom. The van der Waals surface area contributed by atoms with Gasteiger partial charge < -0.3 is 5.11 Å². The van der Waals surface area contributed by atoms with Crippen LogP contribution in [0.2, 0.25) is 0 Å². The molecule has 0 aromatic carbocycles. The summed E-state index contributed by atoms with van der Waals surface area (Å²) < 4.78 is 0. The van der Waals surface area contributed by atoms with Gasteiger partial charge in [0.15, 0.2) is 0 Å². The summed E-state index contributed by atoms with van der Waals surface area (Å²) in [5.74, 6) is 15.6. The van der Waals surface area contributed by atoms with Crippen LogP contribution in [-0.4, -0.2) is 21.4 Å². The zero-order valence-electron chi connectivity index (χ0n) is 9.94. The second-order valence-electron chi connectivity index (χ2n) is 3.10. The van der Waals surface area contributed by atoms with Crippen LogP contribution in [0.5, 0.6) is 0 Å². The van der Waals surface area contributed by atoms with Crippen molar-refractivity contribution < 1.29 is 5.11 Å². The number of H-pyrrole nitrogens is 1. The first-order chi connectivity index (χ1) is 8.83. The van der Waals surface area contributed by atoms with Crippen LogP contribution in [0.3, 0.4) is 0 Å². The minimum absolute atomic E-state index is 0.701. The predicted octanol–water partition coefficient (Wildman–Crippen LogP) is 1.26. The van der Waals surface area contributed by atoms with Gasteiger partial charge in [0.05, 0.1) is 0 Å². The van der Waals surface area contributed by atoms with E-state index in [1.165, 1.54) is 0 Å². The molecule has 1 heterocycles. The summed E-state index contributed by atoms with van der Waals surface area (Å²) >= 11 is 0. The van der Waals surface area contributed by atoms with E-state index in [1.807, 2.05) is 19.1 Å². The molecule has 18 heavy (non-hydrogen) atoms. The lowest BCUT2D eigenvalue weighted by atomic mass is 10.3. The molecule has 1 rings (SSSR count). The summed E-state index contributed by atoms with van der Waals surface area (Å²) in [4.78, 5) is 0. The van der Waals surface area contributed by atoms with Crippen LogP contribution in [0.1, 0.15) is 12.6 Å². The van der Waals surface area contributed by atoms with Crippen LogP contribution in [0.25, 0.3) is 0 Å². The summed E-state index contributed by atoms with van der Waals surface area (Å²) in [5.41, 5.74) is 0.701. The van der Waals surface area contributed by atoms with Gasteiger partial charge in [0.1, 0.15) is 11.8 Å². The Bertz CT molecular complexity index is 590. The average molecular weight is 236 g/mol. The summed E-state index contributed by atoms with van der Waals surface area (Å²) in [6.45, 7) is 1.90. The third-order valence-corrected chi connectivity index (χ3v) is 1.70. The fraction of sp³-hybridized carbons (Fsp3) is 0.133. The molecule has 0 aliphatic rings. The molecule has 0 bridgehead atoms. The normalized spacial score (nSPS) is 11.0. The van der Waals surface area contributed by atoms with Crippen LogP contribution < -0.4 is 0 Å². The standard InChI is InChI=1S/C15H12N2O/c1-2-3-6-10-15(18)11-8-5-4-7-9-14-12-13-16-17-14/h2-3,6,10,12-13,15,18H,1H3,(H,16,17)/b3-2+,10-6-/t15-/m1/s1. The Labute approximate surface area is 107 Å². The summed E-state index contributed by atoms with van der Waals surface area (Å²) in [6.07, 6.45) is 7.78. The summed E-state index contributed by atoms with van der Waals surface area (Å²) in [7, 11) is 0. The molecular formula is C15H12N2O. The number of aliphatic hydroxyl groups excluding tert-OH is 1. The first-order valence-corrected chi connectivity index (χ1v) is 5.31. The van der Waals surface area contributed by atoms with Crippen LogP contribution in [-0.2, 0) is 0 Å². The van der Waals surface area contributed by atoms with Gasteiger partial charge in [0, 0.05) is 6.20 Å². The van der Waals surface area contributed by atoms with Crippen LogP contribution in [0, 0.1) is 35.5 Å². The number of hydrogen-bond donors (Lipinski definition) is 2. The van der Waals surface area contributed by atoms with Crippen LogP contribution in [0.4, 0.5) is 0 Å². The molecule has 0 spiro atoms. The van der Waals surface area contributed by atoms with Gasteiger partial charge in [0.25, 0.3) is 0 Å². The highest BCUT2D eigenvalue weighted by atomic mass is 16.3. The van der Waals surface area contributed by atoms with Crippen molar-refractivity contribution in [3.8, 4) is 35.5 Å². The summed E-state index contributed by atoms with van der Waals surface area (Å²) in [6, 6.07) is 1.75. The first-order valence-electron chi connectivity index (χ1n) is 5.31. The molecule has 0 saturated heterocycles. The maximum absolute atomic E-state index is 9.37. The van der Waals surface area contributed by atoms with Crippen molar-refractivity contribution in [3.63, 3.8) is 0 Å². The highest BCUT2D eigenvalue weighted by Gasteiger charge is 1.86. The molecular weight excluding hydrogens is 224 g/mol. The van der Waals surface area contributed by atoms with Crippen LogP contribution >= 0.6 is 0 Å². The largest absolute Gasteiger partial charge is 0.377 e. The lowest BCUT2D eigenvalue weighted by Gasteiger charge is -1.88. The molecule has 0 amide bonds. The zero-order chi connectivity index (χ0) is 13.1. The number of aliphatic hydroxyl groups is 1. The van der Waals surface area contributed by atoms with Gasteiger partial charge in [-0.15, -0.1) is 0 Å². The lowest BCUT2D eigenvalue weighted by Crippen LogP contribution is -1.95. The Hall–Kier alpha value is -2.67. The first kappa shape index (κ1) is 13.4. The second-order valence-corrected chi connectivity index (χ2v) is 3.10. The molecule has 1 atom stereocenters. The Kier molecular flexibility index (Phi) is 6.31. The maximum Gasteiger partial charge on any atom is 0.134 e. The number of aromatic amines is 1. The number of nitrogens with one attached hydrogen (secondary N) is 1. The van der Waals surface area contributed by atoms with Gasteiger partial charge in [-0.3, -0.25) is 5.10 Å². The fourth-order valence-electron chi connectivity index (χ4n) is 0.925. The van der Waals surface area contributed by atoms with Gasteiger partial charge in [-0.05, 0) is 48.7 Å². The Balaban J connectivity index is 2.46. The van der Waals surface area contributed by atoms with Gasteiger partial charge in [-0.25, -0.2) is 0 Å². The van der Waals surface area contributed by atoms with Gasteiger partial charge in [-0.2, -0.15) is 5.10 Å². The number of rotatable bonds is 2. The van der Waals surface area contributed by atoms with Crippen molar-refractivity contribution in [3.05, 3.63) is 42.3 Å². The van der Waals surface area contributed by atoms with E-state index in [0.717, 1.165) is 0 Å².